The molecule has 0 saturated carbocycles. The molecule has 0 amide bonds. The van der Waals surface area contributed by atoms with E-state index < -0.39 is 0 Å². The zero-order valence-electron chi connectivity index (χ0n) is 10.9. The van der Waals surface area contributed by atoms with Gasteiger partial charge in [-0.3, -0.25) is 0 Å². The predicted octanol–water partition coefficient (Wildman–Crippen LogP) is 4.41. The molecule has 0 atom stereocenters. The maximum atomic E-state index is 2.26. The molecule has 90 valence electrons. The summed E-state index contributed by atoms with van der Waals surface area (Å²) in [7, 11) is 2.13. The van der Waals surface area contributed by atoms with Crippen molar-refractivity contribution >= 4 is 10.9 Å². The van der Waals surface area contributed by atoms with Crippen LogP contribution in [0.15, 0.2) is 54.6 Å². The van der Waals surface area contributed by atoms with Crippen LogP contribution in [0.25, 0.3) is 22.2 Å². The average Bonchev–Trinajstić information content (AvgIpc) is 2.77. The van der Waals surface area contributed by atoms with Gasteiger partial charge in [0, 0.05) is 23.6 Å². The Morgan fingerprint density at radius 2 is 1.67 bits per heavy atom. The molecule has 0 aliphatic carbocycles. The van der Waals surface area contributed by atoms with Gasteiger partial charge in [0.2, 0.25) is 0 Å². The number of benzene rings is 2. The largest absolute Gasteiger partial charge is 0.344 e. The van der Waals surface area contributed by atoms with E-state index in [0.29, 0.717) is 0 Å². The van der Waals surface area contributed by atoms with Gasteiger partial charge in [0.25, 0.3) is 0 Å². The van der Waals surface area contributed by atoms with Crippen LogP contribution in [0.3, 0.4) is 0 Å². The molecule has 0 bridgehead atoms. The Kier molecular flexibility index (Phi) is 2.67. The fraction of sp³-hybridized carbons (Fsp3) is 0.176. The fourth-order valence-corrected chi connectivity index (χ4v) is 2.48. The number of aryl methyl sites for hydroxylation is 2. The van der Waals surface area contributed by atoms with Crippen LogP contribution >= 0.6 is 0 Å². The average molecular weight is 235 g/mol. The molecule has 0 N–H and O–H groups in total. The van der Waals surface area contributed by atoms with Crippen molar-refractivity contribution in [2.24, 2.45) is 7.05 Å². The fourth-order valence-electron chi connectivity index (χ4n) is 2.48. The summed E-state index contributed by atoms with van der Waals surface area (Å²) in [6, 6.07) is 19.6. The highest BCUT2D eigenvalue weighted by molar-refractivity contribution is 5.86. The van der Waals surface area contributed by atoms with Crippen molar-refractivity contribution in [3.63, 3.8) is 0 Å². The summed E-state index contributed by atoms with van der Waals surface area (Å²) in [6.45, 7) is 2.19. The van der Waals surface area contributed by atoms with Crippen molar-refractivity contribution in [3.8, 4) is 11.3 Å². The molecule has 0 radical (unpaired) electrons. The molecule has 0 aliphatic heterocycles. The molecule has 1 aromatic heterocycles. The predicted molar refractivity (Wildman–Crippen MR) is 77.7 cm³/mol. The maximum Gasteiger partial charge on any atom is 0.0488 e. The van der Waals surface area contributed by atoms with Crippen molar-refractivity contribution in [2.45, 2.75) is 13.3 Å². The molecule has 0 spiro atoms. The summed E-state index contributed by atoms with van der Waals surface area (Å²) in [5, 5.41) is 1.30. The van der Waals surface area contributed by atoms with E-state index in [1.54, 1.807) is 0 Å². The minimum absolute atomic E-state index is 1.09. The summed E-state index contributed by atoms with van der Waals surface area (Å²) < 4.78 is 2.26. The molecule has 1 heterocycles. The second kappa shape index (κ2) is 4.34. The van der Waals surface area contributed by atoms with Crippen molar-refractivity contribution in [1.29, 1.82) is 0 Å². The molecule has 1 heteroatoms. The lowest BCUT2D eigenvalue weighted by atomic mass is 10.1. The lowest BCUT2D eigenvalue weighted by Gasteiger charge is -2.05. The highest BCUT2D eigenvalue weighted by Gasteiger charge is 2.06. The van der Waals surface area contributed by atoms with E-state index in [1.165, 1.54) is 27.7 Å². The van der Waals surface area contributed by atoms with E-state index in [1.807, 2.05) is 0 Å². The summed E-state index contributed by atoms with van der Waals surface area (Å²) in [5.74, 6) is 0. The molecular formula is C17H17N. The first-order valence-electron chi connectivity index (χ1n) is 6.43. The lowest BCUT2D eigenvalue weighted by molar-refractivity contribution is 0.978. The Hall–Kier alpha value is -2.02. The lowest BCUT2D eigenvalue weighted by Crippen LogP contribution is -1.91. The molecular weight excluding hydrogens is 218 g/mol. The van der Waals surface area contributed by atoms with Crippen molar-refractivity contribution in [3.05, 3.63) is 60.2 Å². The molecule has 0 aliphatic rings. The van der Waals surface area contributed by atoms with E-state index in [2.05, 4.69) is 73.1 Å². The third-order valence-electron chi connectivity index (χ3n) is 3.61. The van der Waals surface area contributed by atoms with Gasteiger partial charge in [-0.05, 0) is 29.7 Å². The molecule has 0 fully saturated rings. The van der Waals surface area contributed by atoms with Gasteiger partial charge in [0.05, 0.1) is 0 Å². The topological polar surface area (TPSA) is 4.93 Å². The molecule has 2 aromatic carbocycles. The third kappa shape index (κ3) is 1.72. The van der Waals surface area contributed by atoms with Crippen LogP contribution in [0.2, 0.25) is 0 Å². The van der Waals surface area contributed by atoms with E-state index in [9.17, 15) is 0 Å². The van der Waals surface area contributed by atoms with Crippen molar-refractivity contribution < 1.29 is 0 Å². The van der Waals surface area contributed by atoms with Gasteiger partial charge < -0.3 is 4.57 Å². The molecule has 1 nitrogen and oxygen atoms in total. The maximum absolute atomic E-state index is 2.26. The van der Waals surface area contributed by atoms with E-state index in [-0.39, 0.29) is 0 Å². The zero-order chi connectivity index (χ0) is 12.5. The number of aromatic nitrogens is 1. The van der Waals surface area contributed by atoms with Crippen molar-refractivity contribution in [2.75, 3.05) is 0 Å². The van der Waals surface area contributed by atoms with Crippen molar-refractivity contribution in [1.82, 2.24) is 4.57 Å². The first-order chi connectivity index (χ1) is 8.79. The summed E-state index contributed by atoms with van der Waals surface area (Å²) in [6.07, 6.45) is 1.09. The molecule has 0 saturated heterocycles. The molecule has 18 heavy (non-hydrogen) atoms. The Morgan fingerprint density at radius 3 is 2.33 bits per heavy atom. The summed E-state index contributed by atoms with van der Waals surface area (Å²) in [5.41, 5.74) is 5.23. The Labute approximate surface area is 108 Å². The van der Waals surface area contributed by atoms with Gasteiger partial charge in [0.1, 0.15) is 0 Å². The zero-order valence-corrected chi connectivity index (χ0v) is 10.9. The molecule has 3 rings (SSSR count). The SMILES string of the molecule is CCc1ccc(-c2cc3ccccc3n2C)cc1. The van der Waals surface area contributed by atoms with Crippen LogP contribution in [0, 0.1) is 0 Å². The number of rotatable bonds is 2. The van der Waals surface area contributed by atoms with Crippen LogP contribution in [0.4, 0.5) is 0 Å². The number of fused-ring (bicyclic) bond motifs is 1. The van der Waals surface area contributed by atoms with Crippen LogP contribution in [0.1, 0.15) is 12.5 Å². The molecule has 0 unspecified atom stereocenters. The van der Waals surface area contributed by atoms with Gasteiger partial charge >= 0.3 is 0 Å². The van der Waals surface area contributed by atoms with Crippen LogP contribution in [0.5, 0.6) is 0 Å². The first kappa shape index (κ1) is 11.1. The summed E-state index contributed by atoms with van der Waals surface area (Å²) >= 11 is 0. The smallest absolute Gasteiger partial charge is 0.0488 e. The monoisotopic (exact) mass is 235 g/mol. The van der Waals surface area contributed by atoms with E-state index >= 15 is 0 Å². The van der Waals surface area contributed by atoms with Crippen LogP contribution in [-0.4, -0.2) is 4.57 Å². The Morgan fingerprint density at radius 1 is 0.944 bits per heavy atom. The number of hydrogen-bond donors (Lipinski definition) is 0. The summed E-state index contributed by atoms with van der Waals surface area (Å²) in [4.78, 5) is 0. The van der Waals surface area contributed by atoms with Gasteiger partial charge in [-0.25, -0.2) is 0 Å². The second-order valence-electron chi connectivity index (χ2n) is 4.70. The van der Waals surface area contributed by atoms with E-state index in [4.69, 9.17) is 0 Å². The first-order valence-corrected chi connectivity index (χ1v) is 6.43. The standard InChI is InChI=1S/C17H17N/c1-3-13-8-10-14(11-9-13)17-12-15-6-4-5-7-16(15)18(17)2/h4-12H,3H2,1-2H3. The van der Waals surface area contributed by atoms with Gasteiger partial charge in [-0.2, -0.15) is 0 Å². The van der Waals surface area contributed by atoms with Crippen LogP contribution in [-0.2, 0) is 13.5 Å². The third-order valence-corrected chi connectivity index (χ3v) is 3.61. The number of nitrogens with zero attached hydrogens (tertiary/aromatic N) is 1. The highest BCUT2D eigenvalue weighted by Crippen LogP contribution is 2.27. The normalized spacial score (nSPS) is 11.0. The molecule has 3 aromatic rings. The number of para-hydroxylation sites is 1. The van der Waals surface area contributed by atoms with Gasteiger partial charge in [-0.1, -0.05) is 49.4 Å². The van der Waals surface area contributed by atoms with Crippen LogP contribution < -0.4 is 0 Å². The minimum Gasteiger partial charge on any atom is -0.344 e. The Bertz CT molecular complexity index is 674. The second-order valence-corrected chi connectivity index (χ2v) is 4.70. The minimum atomic E-state index is 1.09. The van der Waals surface area contributed by atoms with E-state index in [0.717, 1.165) is 6.42 Å². The van der Waals surface area contributed by atoms with Gasteiger partial charge in [-0.15, -0.1) is 0 Å². The van der Waals surface area contributed by atoms with Gasteiger partial charge in [0.15, 0.2) is 0 Å². The number of hydrogen-bond acceptors (Lipinski definition) is 0. The highest BCUT2D eigenvalue weighted by atomic mass is 14.9. The quantitative estimate of drug-likeness (QED) is 0.620. The Balaban J connectivity index is 2.15.